The van der Waals surface area contributed by atoms with Crippen molar-refractivity contribution in [2.24, 2.45) is 0 Å². The third kappa shape index (κ3) is 2.89. The molecule has 0 radical (unpaired) electrons. The zero-order valence-electron chi connectivity index (χ0n) is 11.1. The first kappa shape index (κ1) is 13.9. The Kier molecular flexibility index (Phi) is 4.09. The number of carbonyl (C=O) groups excluding carboxylic acids is 2. The van der Waals surface area contributed by atoms with Crippen molar-refractivity contribution in [1.82, 2.24) is 20.0 Å². The van der Waals surface area contributed by atoms with Crippen LogP contribution >= 0.6 is 11.6 Å². The van der Waals surface area contributed by atoms with Crippen LogP contribution in [0.25, 0.3) is 0 Å². The lowest BCUT2D eigenvalue weighted by molar-refractivity contribution is -0.130. The Hall–Kier alpha value is -1.56. The van der Waals surface area contributed by atoms with E-state index in [9.17, 15) is 9.59 Å². The Labute approximate surface area is 116 Å². The Morgan fingerprint density at radius 2 is 2.16 bits per heavy atom. The van der Waals surface area contributed by atoms with Gasteiger partial charge in [-0.15, -0.1) is 0 Å². The van der Waals surface area contributed by atoms with E-state index in [1.165, 1.54) is 0 Å². The Morgan fingerprint density at radius 1 is 1.42 bits per heavy atom. The number of rotatable bonds is 3. The maximum atomic E-state index is 11.9. The lowest BCUT2D eigenvalue weighted by Gasteiger charge is -2.20. The predicted molar refractivity (Wildman–Crippen MR) is 70.7 cm³/mol. The molecule has 104 valence electrons. The Bertz CT molecular complexity index is 512. The molecule has 0 atom stereocenters. The molecule has 1 saturated heterocycles. The van der Waals surface area contributed by atoms with E-state index < -0.39 is 0 Å². The highest BCUT2D eigenvalue weighted by Crippen LogP contribution is 2.22. The summed E-state index contributed by atoms with van der Waals surface area (Å²) in [5.41, 5.74) is 1.58. The normalized spacial score (nSPS) is 16.5. The Balaban J connectivity index is 2.20. The van der Waals surface area contributed by atoms with Crippen molar-refractivity contribution in [1.29, 1.82) is 0 Å². The monoisotopic (exact) mass is 284 g/mol. The first-order valence-electron chi connectivity index (χ1n) is 6.29. The van der Waals surface area contributed by atoms with Crippen molar-refractivity contribution in [2.75, 3.05) is 13.1 Å². The molecule has 6 nitrogen and oxygen atoms in total. The van der Waals surface area contributed by atoms with Crippen LogP contribution in [0.2, 0.25) is 5.02 Å². The number of amides is 2. The van der Waals surface area contributed by atoms with E-state index in [-0.39, 0.29) is 18.4 Å². The van der Waals surface area contributed by atoms with Gasteiger partial charge >= 0.3 is 0 Å². The predicted octanol–water partition coefficient (Wildman–Crippen LogP) is 0.713. The molecule has 2 amide bonds. The summed E-state index contributed by atoms with van der Waals surface area (Å²) < 4.78 is 1.80. The second-order valence-electron chi connectivity index (χ2n) is 4.50. The third-order valence-electron chi connectivity index (χ3n) is 3.19. The van der Waals surface area contributed by atoms with Crippen molar-refractivity contribution in [3.63, 3.8) is 0 Å². The summed E-state index contributed by atoms with van der Waals surface area (Å²) in [6.45, 7) is 5.36. The van der Waals surface area contributed by atoms with Gasteiger partial charge in [-0.3, -0.25) is 14.3 Å². The van der Waals surface area contributed by atoms with Crippen LogP contribution < -0.4 is 5.32 Å². The fourth-order valence-corrected chi connectivity index (χ4v) is 2.30. The zero-order chi connectivity index (χ0) is 14.0. The highest BCUT2D eigenvalue weighted by atomic mass is 35.5. The first-order valence-corrected chi connectivity index (χ1v) is 6.67. The lowest BCUT2D eigenvalue weighted by atomic mass is 10.3. The largest absolute Gasteiger partial charge is 0.347 e. The van der Waals surface area contributed by atoms with Gasteiger partial charge in [0, 0.05) is 19.5 Å². The van der Waals surface area contributed by atoms with Crippen molar-refractivity contribution >= 4 is 23.4 Å². The van der Waals surface area contributed by atoms with Gasteiger partial charge in [-0.1, -0.05) is 11.6 Å². The molecule has 1 aromatic heterocycles. The number of hydrogen-bond donors (Lipinski definition) is 1. The molecule has 2 rings (SSSR count). The summed E-state index contributed by atoms with van der Waals surface area (Å²) >= 11 is 6.23. The molecule has 0 spiro atoms. The molecule has 1 aliphatic rings. The molecule has 0 aromatic carbocycles. The minimum Gasteiger partial charge on any atom is -0.347 e. The molecule has 1 aromatic rings. The molecular weight excluding hydrogens is 268 g/mol. The van der Waals surface area contributed by atoms with E-state index in [0.717, 1.165) is 11.4 Å². The van der Waals surface area contributed by atoms with Crippen molar-refractivity contribution in [3.8, 4) is 0 Å². The quantitative estimate of drug-likeness (QED) is 0.889. The van der Waals surface area contributed by atoms with Gasteiger partial charge in [-0.2, -0.15) is 5.10 Å². The van der Waals surface area contributed by atoms with Crippen LogP contribution in [0.1, 0.15) is 24.7 Å². The van der Waals surface area contributed by atoms with E-state index in [0.29, 0.717) is 31.1 Å². The second-order valence-corrected chi connectivity index (χ2v) is 4.88. The molecule has 0 saturated carbocycles. The van der Waals surface area contributed by atoms with Crippen LogP contribution in [0.5, 0.6) is 0 Å². The SMILES string of the molecule is CCn1nc(C)c(Cl)c1CN1CCC(=O)NCC1=O. The molecule has 7 heteroatoms. The topological polar surface area (TPSA) is 67.2 Å². The highest BCUT2D eigenvalue weighted by Gasteiger charge is 2.23. The number of aromatic nitrogens is 2. The average molecular weight is 285 g/mol. The third-order valence-corrected chi connectivity index (χ3v) is 3.68. The van der Waals surface area contributed by atoms with Crippen LogP contribution in [0.3, 0.4) is 0 Å². The maximum absolute atomic E-state index is 11.9. The lowest BCUT2D eigenvalue weighted by Crippen LogP contribution is -2.35. The summed E-state index contributed by atoms with van der Waals surface area (Å²) in [6, 6.07) is 0. The summed E-state index contributed by atoms with van der Waals surface area (Å²) in [4.78, 5) is 24.9. The van der Waals surface area contributed by atoms with E-state index in [1.807, 2.05) is 13.8 Å². The zero-order valence-corrected chi connectivity index (χ0v) is 11.8. The van der Waals surface area contributed by atoms with Crippen LogP contribution in [-0.4, -0.2) is 39.6 Å². The van der Waals surface area contributed by atoms with E-state index in [2.05, 4.69) is 10.4 Å². The summed E-state index contributed by atoms with van der Waals surface area (Å²) in [5.74, 6) is -0.189. The minimum atomic E-state index is -0.0953. The fourth-order valence-electron chi connectivity index (χ4n) is 2.10. The van der Waals surface area contributed by atoms with Crippen molar-refractivity contribution in [3.05, 3.63) is 16.4 Å². The van der Waals surface area contributed by atoms with Crippen LogP contribution in [0.4, 0.5) is 0 Å². The van der Waals surface area contributed by atoms with Gasteiger partial charge < -0.3 is 10.2 Å². The van der Waals surface area contributed by atoms with Gasteiger partial charge in [0.15, 0.2) is 0 Å². The highest BCUT2D eigenvalue weighted by molar-refractivity contribution is 6.31. The number of nitrogens with zero attached hydrogens (tertiary/aromatic N) is 3. The molecule has 0 bridgehead atoms. The molecule has 0 unspecified atom stereocenters. The van der Waals surface area contributed by atoms with Crippen LogP contribution in [0, 0.1) is 6.92 Å². The van der Waals surface area contributed by atoms with E-state index >= 15 is 0 Å². The first-order chi connectivity index (χ1) is 9.02. The standard InChI is InChI=1S/C12H17ClN4O2/c1-3-17-9(12(13)8(2)15-17)7-16-5-4-10(18)14-6-11(16)19/h3-7H2,1-2H3,(H,14,18). The Morgan fingerprint density at radius 3 is 2.84 bits per heavy atom. The molecular formula is C12H17ClN4O2. The summed E-state index contributed by atoms with van der Waals surface area (Å²) in [7, 11) is 0. The van der Waals surface area contributed by atoms with Crippen LogP contribution in [0.15, 0.2) is 0 Å². The number of carbonyl (C=O) groups is 2. The summed E-state index contributed by atoms with van der Waals surface area (Å²) in [6.07, 6.45) is 0.322. The summed E-state index contributed by atoms with van der Waals surface area (Å²) in [5, 5.41) is 7.49. The van der Waals surface area contributed by atoms with E-state index in [1.54, 1.807) is 9.58 Å². The number of hydrogen-bond acceptors (Lipinski definition) is 3. The van der Waals surface area contributed by atoms with Gasteiger partial charge in [0.2, 0.25) is 11.8 Å². The molecule has 0 aliphatic carbocycles. The maximum Gasteiger partial charge on any atom is 0.242 e. The number of nitrogens with one attached hydrogen (secondary N) is 1. The van der Waals surface area contributed by atoms with Crippen molar-refractivity contribution in [2.45, 2.75) is 33.4 Å². The molecule has 2 heterocycles. The fraction of sp³-hybridized carbons (Fsp3) is 0.583. The van der Waals surface area contributed by atoms with Gasteiger partial charge in [0.25, 0.3) is 0 Å². The van der Waals surface area contributed by atoms with Crippen molar-refractivity contribution < 1.29 is 9.59 Å². The van der Waals surface area contributed by atoms with Gasteiger partial charge in [0.05, 0.1) is 29.5 Å². The number of halogens is 1. The van der Waals surface area contributed by atoms with Gasteiger partial charge in [0.1, 0.15) is 0 Å². The molecule has 1 fully saturated rings. The molecule has 19 heavy (non-hydrogen) atoms. The molecule has 1 aliphatic heterocycles. The minimum absolute atomic E-state index is 0.0513. The van der Waals surface area contributed by atoms with Gasteiger partial charge in [-0.25, -0.2) is 0 Å². The average Bonchev–Trinajstić information content (AvgIpc) is 2.56. The number of aryl methyl sites for hydroxylation is 2. The van der Waals surface area contributed by atoms with Crippen LogP contribution in [-0.2, 0) is 22.7 Å². The molecule has 1 N–H and O–H groups in total. The van der Waals surface area contributed by atoms with E-state index in [4.69, 9.17) is 11.6 Å². The van der Waals surface area contributed by atoms with Gasteiger partial charge in [-0.05, 0) is 13.8 Å². The second kappa shape index (κ2) is 5.61. The smallest absolute Gasteiger partial charge is 0.242 e.